The van der Waals surface area contributed by atoms with Crippen molar-refractivity contribution >= 4 is 35.8 Å². The van der Waals surface area contributed by atoms with Gasteiger partial charge in [0.05, 0.1) is 40.9 Å². The highest BCUT2D eigenvalue weighted by Gasteiger charge is 2.43. The van der Waals surface area contributed by atoms with E-state index in [1.165, 1.54) is 0 Å². The maximum atomic E-state index is 13.1. The summed E-state index contributed by atoms with van der Waals surface area (Å²) in [5, 5.41) is 28.8. The van der Waals surface area contributed by atoms with Gasteiger partial charge >= 0.3 is 35.8 Å². The van der Waals surface area contributed by atoms with Crippen molar-refractivity contribution in [2.45, 2.75) is 90.4 Å². The zero-order valence-electron chi connectivity index (χ0n) is 24.3. The zero-order chi connectivity index (χ0) is 30.9. The number of rotatable bonds is 13. The van der Waals surface area contributed by atoms with E-state index in [4.69, 9.17) is 14.2 Å². The SMILES string of the molecule is CCC(COC(=O)C1CCCCC1C(=O)O)(COC(=O)C1CCCCC1C(=O)O)COC(=O)C1CCCCC1C(=O)O. The molecule has 0 amide bonds. The van der Waals surface area contributed by atoms with Crippen LogP contribution in [0.3, 0.4) is 0 Å². The van der Waals surface area contributed by atoms with E-state index in [0.29, 0.717) is 77.0 Å². The maximum Gasteiger partial charge on any atom is 0.309 e. The van der Waals surface area contributed by atoms with E-state index in [1.807, 2.05) is 0 Å². The molecule has 0 aromatic heterocycles. The Balaban J connectivity index is 1.75. The fourth-order valence-corrected chi connectivity index (χ4v) is 6.55. The van der Waals surface area contributed by atoms with Crippen LogP contribution < -0.4 is 0 Å². The number of carboxylic acids is 3. The second kappa shape index (κ2) is 15.3. The van der Waals surface area contributed by atoms with Crippen LogP contribution in [-0.2, 0) is 43.0 Å². The largest absolute Gasteiger partial charge is 0.481 e. The molecule has 0 heterocycles. The number of aliphatic carboxylic acids is 3. The molecule has 3 fully saturated rings. The number of carbonyl (C=O) groups excluding carboxylic acids is 3. The molecule has 0 spiro atoms. The summed E-state index contributed by atoms with van der Waals surface area (Å²) in [6.45, 7) is 0.751. The number of ether oxygens (including phenoxy) is 3. The topological polar surface area (TPSA) is 191 Å². The van der Waals surface area contributed by atoms with Crippen molar-refractivity contribution in [2.75, 3.05) is 19.8 Å². The summed E-state index contributed by atoms with van der Waals surface area (Å²) in [7, 11) is 0. The molecule has 0 aliphatic heterocycles. The average molecular weight is 597 g/mol. The molecule has 0 radical (unpaired) electrons. The molecule has 3 aliphatic carbocycles. The highest BCUT2D eigenvalue weighted by atomic mass is 16.6. The molecule has 0 aromatic rings. The van der Waals surface area contributed by atoms with Crippen molar-refractivity contribution < 1.29 is 58.3 Å². The van der Waals surface area contributed by atoms with Gasteiger partial charge in [-0.15, -0.1) is 0 Å². The molecular formula is C30H44O12. The van der Waals surface area contributed by atoms with Gasteiger partial charge < -0.3 is 29.5 Å². The minimum Gasteiger partial charge on any atom is -0.481 e. The van der Waals surface area contributed by atoms with Crippen LogP contribution in [0.25, 0.3) is 0 Å². The van der Waals surface area contributed by atoms with Gasteiger partial charge in [-0.25, -0.2) is 0 Å². The van der Waals surface area contributed by atoms with E-state index in [0.717, 1.165) is 0 Å². The summed E-state index contributed by atoms with van der Waals surface area (Å²) in [6, 6.07) is 0. The molecular weight excluding hydrogens is 552 g/mol. The second-order valence-corrected chi connectivity index (χ2v) is 12.2. The second-order valence-electron chi connectivity index (χ2n) is 12.2. The van der Waals surface area contributed by atoms with Crippen molar-refractivity contribution in [3.8, 4) is 0 Å². The minimum atomic E-state index is -1.20. The smallest absolute Gasteiger partial charge is 0.309 e. The van der Waals surface area contributed by atoms with Crippen LogP contribution >= 0.6 is 0 Å². The van der Waals surface area contributed by atoms with E-state index in [9.17, 15) is 44.1 Å². The maximum absolute atomic E-state index is 13.1. The standard InChI is InChI=1S/C30H44O12/c1-2-30(15-40-27(37)21-12-6-3-9-18(21)24(31)32,16-41-28(38)22-13-7-4-10-19(22)25(33)34)17-42-29(39)23-14-8-5-11-20(23)26(35)36/h18-23H,2-17H2,1H3,(H,31,32)(H,33,34)(H,35,36). The van der Waals surface area contributed by atoms with Crippen LogP contribution in [0.15, 0.2) is 0 Å². The Morgan fingerprint density at radius 2 is 0.738 bits per heavy atom. The van der Waals surface area contributed by atoms with Crippen molar-refractivity contribution in [2.24, 2.45) is 40.9 Å². The van der Waals surface area contributed by atoms with Crippen LogP contribution in [0.4, 0.5) is 0 Å². The predicted molar refractivity (Wildman–Crippen MR) is 145 cm³/mol. The van der Waals surface area contributed by atoms with Crippen LogP contribution in [0.1, 0.15) is 90.4 Å². The lowest BCUT2D eigenvalue weighted by Crippen LogP contribution is -2.43. The quantitative estimate of drug-likeness (QED) is 0.207. The van der Waals surface area contributed by atoms with Gasteiger partial charge in [-0.1, -0.05) is 45.4 Å². The number of esters is 3. The average Bonchev–Trinajstić information content (AvgIpc) is 3.00. The van der Waals surface area contributed by atoms with Gasteiger partial charge in [-0.3, -0.25) is 28.8 Å². The van der Waals surface area contributed by atoms with Crippen molar-refractivity contribution in [3.05, 3.63) is 0 Å². The third-order valence-electron chi connectivity index (χ3n) is 9.47. The van der Waals surface area contributed by atoms with E-state index in [1.54, 1.807) is 6.92 Å². The molecule has 3 N–H and O–H groups in total. The fraction of sp³-hybridized carbons (Fsp3) is 0.800. The summed E-state index contributed by atoms with van der Waals surface area (Å²) < 4.78 is 16.9. The Morgan fingerprint density at radius 3 is 0.952 bits per heavy atom. The molecule has 6 atom stereocenters. The Bertz CT molecular complexity index is 885. The first-order valence-electron chi connectivity index (χ1n) is 15.2. The Morgan fingerprint density at radius 1 is 0.500 bits per heavy atom. The summed E-state index contributed by atoms with van der Waals surface area (Å²) in [5.41, 5.74) is -1.20. The molecule has 12 heteroatoms. The van der Waals surface area contributed by atoms with Crippen LogP contribution in [0.5, 0.6) is 0 Å². The lowest BCUT2D eigenvalue weighted by molar-refractivity contribution is -0.175. The first-order valence-corrected chi connectivity index (χ1v) is 15.2. The summed E-state index contributed by atoms with van der Waals surface area (Å²) >= 11 is 0. The van der Waals surface area contributed by atoms with Gasteiger partial charge in [0.1, 0.15) is 19.8 Å². The number of carboxylic acid groups (broad SMARTS) is 3. The van der Waals surface area contributed by atoms with E-state index in [2.05, 4.69) is 0 Å². The third kappa shape index (κ3) is 8.44. The molecule has 236 valence electrons. The summed E-state index contributed by atoms with van der Waals surface area (Å²) in [4.78, 5) is 74.3. The predicted octanol–water partition coefficient (Wildman–Crippen LogP) is 3.69. The minimum absolute atomic E-state index is 0.230. The summed E-state index contributed by atoms with van der Waals surface area (Å²) in [6.07, 6.45) is 6.59. The van der Waals surface area contributed by atoms with Crippen LogP contribution in [0.2, 0.25) is 0 Å². The van der Waals surface area contributed by atoms with E-state index in [-0.39, 0.29) is 26.2 Å². The van der Waals surface area contributed by atoms with E-state index >= 15 is 0 Å². The number of carbonyl (C=O) groups is 6. The summed E-state index contributed by atoms with van der Waals surface area (Å²) in [5.74, 6) is -10.3. The molecule has 0 bridgehead atoms. The zero-order valence-corrected chi connectivity index (χ0v) is 24.3. The van der Waals surface area contributed by atoms with Crippen LogP contribution in [-0.4, -0.2) is 71.0 Å². The fourth-order valence-electron chi connectivity index (χ4n) is 6.55. The molecule has 0 aromatic carbocycles. The highest BCUT2D eigenvalue weighted by Crippen LogP contribution is 2.36. The van der Waals surface area contributed by atoms with Crippen LogP contribution in [0, 0.1) is 40.9 Å². The molecule has 6 unspecified atom stereocenters. The van der Waals surface area contributed by atoms with Crippen molar-refractivity contribution in [1.29, 1.82) is 0 Å². The van der Waals surface area contributed by atoms with Crippen molar-refractivity contribution in [1.82, 2.24) is 0 Å². The number of hydrogen-bond donors (Lipinski definition) is 3. The monoisotopic (exact) mass is 596 g/mol. The third-order valence-corrected chi connectivity index (χ3v) is 9.47. The molecule has 3 rings (SSSR count). The normalized spacial score (nSPS) is 29.4. The van der Waals surface area contributed by atoms with Gasteiger partial charge in [0.15, 0.2) is 0 Å². The first kappa shape index (κ1) is 33.3. The molecule has 42 heavy (non-hydrogen) atoms. The highest BCUT2D eigenvalue weighted by molar-refractivity contribution is 5.82. The first-order chi connectivity index (χ1) is 20.0. The van der Waals surface area contributed by atoms with Gasteiger partial charge in [-0.05, 0) is 44.9 Å². The van der Waals surface area contributed by atoms with Gasteiger partial charge in [0.2, 0.25) is 0 Å². The Labute approximate surface area is 245 Å². The van der Waals surface area contributed by atoms with Gasteiger partial charge in [-0.2, -0.15) is 0 Å². The van der Waals surface area contributed by atoms with Gasteiger partial charge in [0, 0.05) is 0 Å². The van der Waals surface area contributed by atoms with Crippen molar-refractivity contribution in [3.63, 3.8) is 0 Å². The lowest BCUT2D eigenvalue weighted by Gasteiger charge is -2.35. The molecule has 12 nitrogen and oxygen atoms in total. The molecule has 3 saturated carbocycles. The lowest BCUT2D eigenvalue weighted by atomic mass is 9.79. The molecule has 3 aliphatic rings. The van der Waals surface area contributed by atoms with Gasteiger partial charge in [0.25, 0.3) is 0 Å². The van der Waals surface area contributed by atoms with E-state index < -0.39 is 76.7 Å². The Hall–Kier alpha value is -3.18. The molecule has 0 saturated heterocycles. The Kier molecular flexibility index (Phi) is 12.2. The number of hydrogen-bond acceptors (Lipinski definition) is 9.